The van der Waals surface area contributed by atoms with Gasteiger partial charge in [0, 0.05) is 36.0 Å². The normalized spacial score (nSPS) is 13.6. The predicted octanol–water partition coefficient (Wildman–Crippen LogP) is 2.25. The number of nitrogens with zero attached hydrogens (tertiary/aromatic N) is 2. The third kappa shape index (κ3) is 2.98. The van der Waals surface area contributed by atoms with Crippen LogP contribution in [-0.4, -0.2) is 34.5 Å². The van der Waals surface area contributed by atoms with Gasteiger partial charge in [0.2, 0.25) is 0 Å². The molecular formula is C19H18N4O2. The Bertz CT molecular complexity index is 955. The second-order valence-electron chi connectivity index (χ2n) is 6.21. The second-order valence-corrected chi connectivity index (χ2v) is 6.21. The van der Waals surface area contributed by atoms with Crippen LogP contribution in [0.2, 0.25) is 0 Å². The van der Waals surface area contributed by atoms with Crippen LogP contribution >= 0.6 is 0 Å². The summed E-state index contributed by atoms with van der Waals surface area (Å²) in [6.45, 7) is 0. The number of benzene rings is 1. The van der Waals surface area contributed by atoms with Crippen molar-refractivity contribution in [3.8, 4) is 11.1 Å². The number of carbonyl (C=O) groups excluding carboxylic acids is 2. The van der Waals surface area contributed by atoms with Gasteiger partial charge < -0.3 is 10.6 Å². The van der Waals surface area contributed by atoms with Crippen molar-refractivity contribution >= 4 is 17.3 Å². The molecule has 1 aromatic carbocycles. The molecular weight excluding hydrogens is 316 g/mol. The summed E-state index contributed by atoms with van der Waals surface area (Å²) in [6.07, 6.45) is 5.68. The average molecular weight is 334 g/mol. The van der Waals surface area contributed by atoms with Crippen molar-refractivity contribution < 1.29 is 9.59 Å². The van der Waals surface area contributed by atoms with E-state index in [4.69, 9.17) is 0 Å². The number of amides is 2. The lowest BCUT2D eigenvalue weighted by molar-refractivity contribution is 0.0947. The Balaban J connectivity index is 1.69. The zero-order valence-electron chi connectivity index (χ0n) is 13.8. The molecule has 2 aromatic heterocycles. The topological polar surface area (TPSA) is 75.5 Å². The molecule has 4 rings (SSSR count). The molecule has 0 radical (unpaired) electrons. The van der Waals surface area contributed by atoms with Crippen molar-refractivity contribution in [3.05, 3.63) is 59.9 Å². The van der Waals surface area contributed by atoms with Gasteiger partial charge in [-0.1, -0.05) is 12.1 Å². The SMILES string of the molecule is CNC(=O)c1ccc(-c2cnn3ccc(C(=O)NC4CC4)cc23)cc1. The van der Waals surface area contributed by atoms with E-state index in [1.165, 1.54) is 0 Å². The largest absolute Gasteiger partial charge is 0.355 e. The van der Waals surface area contributed by atoms with Gasteiger partial charge in [0.25, 0.3) is 11.8 Å². The summed E-state index contributed by atoms with van der Waals surface area (Å²) in [4.78, 5) is 23.9. The van der Waals surface area contributed by atoms with Crippen LogP contribution in [0.1, 0.15) is 33.6 Å². The molecule has 1 aliphatic carbocycles. The fraction of sp³-hybridized carbons (Fsp3) is 0.211. The Morgan fingerprint density at radius 2 is 1.84 bits per heavy atom. The number of hydrogen-bond acceptors (Lipinski definition) is 3. The number of fused-ring (bicyclic) bond motifs is 1. The van der Waals surface area contributed by atoms with E-state index in [2.05, 4.69) is 15.7 Å². The van der Waals surface area contributed by atoms with E-state index in [1.807, 2.05) is 18.2 Å². The number of aromatic nitrogens is 2. The molecule has 2 N–H and O–H groups in total. The fourth-order valence-electron chi connectivity index (χ4n) is 2.79. The van der Waals surface area contributed by atoms with Gasteiger partial charge in [-0.25, -0.2) is 4.52 Å². The Morgan fingerprint density at radius 1 is 1.08 bits per heavy atom. The summed E-state index contributed by atoms with van der Waals surface area (Å²) >= 11 is 0. The summed E-state index contributed by atoms with van der Waals surface area (Å²) < 4.78 is 1.75. The summed E-state index contributed by atoms with van der Waals surface area (Å²) in [7, 11) is 1.61. The first-order valence-electron chi connectivity index (χ1n) is 8.26. The van der Waals surface area contributed by atoms with Crippen LogP contribution in [0.4, 0.5) is 0 Å². The van der Waals surface area contributed by atoms with E-state index in [0.717, 1.165) is 29.5 Å². The van der Waals surface area contributed by atoms with Gasteiger partial charge in [0.1, 0.15) is 0 Å². The zero-order chi connectivity index (χ0) is 17.4. The maximum atomic E-state index is 12.3. The molecule has 3 aromatic rings. The van der Waals surface area contributed by atoms with E-state index in [-0.39, 0.29) is 11.8 Å². The highest BCUT2D eigenvalue weighted by atomic mass is 16.2. The summed E-state index contributed by atoms with van der Waals surface area (Å²) in [5.41, 5.74) is 3.96. The average Bonchev–Trinajstić information content (AvgIpc) is 3.36. The number of pyridine rings is 1. The molecule has 1 saturated carbocycles. The van der Waals surface area contributed by atoms with Gasteiger partial charge in [-0.3, -0.25) is 9.59 Å². The minimum atomic E-state index is -0.120. The van der Waals surface area contributed by atoms with E-state index in [0.29, 0.717) is 17.2 Å². The lowest BCUT2D eigenvalue weighted by Gasteiger charge is -2.05. The van der Waals surface area contributed by atoms with Crippen LogP contribution in [0.25, 0.3) is 16.6 Å². The summed E-state index contributed by atoms with van der Waals surface area (Å²) in [6, 6.07) is 11.3. The molecule has 6 heteroatoms. The quantitative estimate of drug-likeness (QED) is 0.768. The van der Waals surface area contributed by atoms with Gasteiger partial charge >= 0.3 is 0 Å². The molecule has 25 heavy (non-hydrogen) atoms. The molecule has 1 fully saturated rings. The van der Waals surface area contributed by atoms with Crippen LogP contribution < -0.4 is 10.6 Å². The Morgan fingerprint density at radius 3 is 2.52 bits per heavy atom. The molecule has 0 spiro atoms. The first kappa shape index (κ1) is 15.4. The molecule has 0 unspecified atom stereocenters. The van der Waals surface area contributed by atoms with Crippen molar-refractivity contribution in [1.82, 2.24) is 20.2 Å². The lowest BCUT2D eigenvalue weighted by Crippen LogP contribution is -2.25. The molecule has 0 saturated heterocycles. The van der Waals surface area contributed by atoms with Crippen LogP contribution in [0.5, 0.6) is 0 Å². The number of nitrogens with one attached hydrogen (secondary N) is 2. The van der Waals surface area contributed by atoms with Crippen molar-refractivity contribution in [3.63, 3.8) is 0 Å². The van der Waals surface area contributed by atoms with Gasteiger partial charge in [-0.2, -0.15) is 5.10 Å². The van der Waals surface area contributed by atoms with Gasteiger partial charge in [0.15, 0.2) is 0 Å². The van der Waals surface area contributed by atoms with Gasteiger partial charge in [0.05, 0.1) is 11.7 Å². The van der Waals surface area contributed by atoms with E-state index in [1.54, 1.807) is 42.2 Å². The van der Waals surface area contributed by atoms with E-state index in [9.17, 15) is 9.59 Å². The third-order valence-corrected chi connectivity index (χ3v) is 4.38. The Kier molecular flexibility index (Phi) is 3.72. The number of rotatable bonds is 4. The number of carbonyl (C=O) groups is 2. The van der Waals surface area contributed by atoms with Crippen LogP contribution in [0.15, 0.2) is 48.8 Å². The second kappa shape index (κ2) is 6.05. The third-order valence-electron chi connectivity index (χ3n) is 4.38. The highest BCUT2D eigenvalue weighted by Gasteiger charge is 2.24. The standard InChI is InChI=1S/C19H18N4O2/c1-20-18(24)13-4-2-12(3-5-13)16-11-21-23-9-8-14(10-17(16)23)19(25)22-15-6-7-15/h2-5,8-11,15H,6-7H2,1H3,(H,20,24)(H,22,25). The van der Waals surface area contributed by atoms with Gasteiger partial charge in [-0.15, -0.1) is 0 Å². The molecule has 126 valence electrons. The van der Waals surface area contributed by atoms with Gasteiger partial charge in [-0.05, 0) is 42.7 Å². The van der Waals surface area contributed by atoms with Crippen molar-refractivity contribution in [2.45, 2.75) is 18.9 Å². The minimum Gasteiger partial charge on any atom is -0.355 e. The summed E-state index contributed by atoms with van der Waals surface area (Å²) in [5, 5.41) is 9.95. The molecule has 0 bridgehead atoms. The molecule has 2 amide bonds. The predicted molar refractivity (Wildman–Crippen MR) is 94.5 cm³/mol. The smallest absolute Gasteiger partial charge is 0.251 e. The summed E-state index contributed by atoms with van der Waals surface area (Å²) in [5.74, 6) is -0.169. The molecule has 6 nitrogen and oxygen atoms in total. The van der Waals surface area contributed by atoms with Crippen molar-refractivity contribution in [2.24, 2.45) is 0 Å². The van der Waals surface area contributed by atoms with Crippen molar-refractivity contribution in [1.29, 1.82) is 0 Å². The molecule has 0 aliphatic heterocycles. The zero-order valence-corrected chi connectivity index (χ0v) is 13.8. The fourth-order valence-corrected chi connectivity index (χ4v) is 2.79. The molecule has 0 atom stereocenters. The molecule has 1 aliphatic rings. The number of hydrogen-bond donors (Lipinski definition) is 2. The maximum Gasteiger partial charge on any atom is 0.251 e. The first-order valence-corrected chi connectivity index (χ1v) is 8.26. The molecule has 2 heterocycles. The maximum absolute atomic E-state index is 12.3. The van der Waals surface area contributed by atoms with E-state index < -0.39 is 0 Å². The highest BCUT2D eigenvalue weighted by molar-refractivity contribution is 5.97. The van der Waals surface area contributed by atoms with E-state index >= 15 is 0 Å². The van der Waals surface area contributed by atoms with Crippen LogP contribution in [0, 0.1) is 0 Å². The monoisotopic (exact) mass is 334 g/mol. The van der Waals surface area contributed by atoms with Crippen molar-refractivity contribution in [2.75, 3.05) is 7.05 Å². The Hall–Kier alpha value is -3.15. The Labute approximate surface area is 144 Å². The lowest BCUT2D eigenvalue weighted by atomic mass is 10.0. The first-order chi connectivity index (χ1) is 12.2. The minimum absolute atomic E-state index is 0.0490. The van der Waals surface area contributed by atoms with Crippen LogP contribution in [-0.2, 0) is 0 Å². The van der Waals surface area contributed by atoms with Crippen LogP contribution in [0.3, 0.4) is 0 Å². The highest BCUT2D eigenvalue weighted by Crippen LogP contribution is 2.26.